The summed E-state index contributed by atoms with van der Waals surface area (Å²) in [6.45, 7) is 7.42. The second-order valence-corrected chi connectivity index (χ2v) is 7.31. The molecule has 27 heavy (non-hydrogen) atoms. The third-order valence-corrected chi connectivity index (χ3v) is 4.69. The van der Waals surface area contributed by atoms with E-state index in [-0.39, 0.29) is 24.8 Å². The topological polar surface area (TPSA) is 83.4 Å². The van der Waals surface area contributed by atoms with Crippen molar-refractivity contribution in [3.8, 4) is 5.69 Å². The number of anilines is 1. The van der Waals surface area contributed by atoms with Crippen LogP contribution in [0.15, 0.2) is 36.4 Å². The van der Waals surface area contributed by atoms with Crippen LogP contribution in [0, 0.1) is 13.8 Å². The molecule has 0 atom stereocenters. The monoisotopic (exact) mass is 368 g/mol. The zero-order valence-electron chi connectivity index (χ0n) is 16.0. The molecule has 1 aromatic carbocycles. The lowest BCUT2D eigenvalue weighted by Crippen LogP contribution is -2.40. The van der Waals surface area contributed by atoms with Gasteiger partial charge in [-0.25, -0.2) is 4.79 Å². The molecule has 142 valence electrons. The van der Waals surface area contributed by atoms with Crippen LogP contribution in [0.5, 0.6) is 0 Å². The van der Waals surface area contributed by atoms with Crippen molar-refractivity contribution in [1.29, 1.82) is 0 Å². The Morgan fingerprint density at radius 1 is 1.04 bits per heavy atom. The fourth-order valence-corrected chi connectivity index (χ4v) is 3.23. The number of hydrogen-bond donors (Lipinski definition) is 2. The van der Waals surface area contributed by atoms with Gasteiger partial charge in [0.05, 0.1) is 0 Å². The van der Waals surface area contributed by atoms with E-state index in [4.69, 9.17) is 0 Å². The number of hydrogen-bond acceptors (Lipinski definition) is 3. The van der Waals surface area contributed by atoms with Crippen molar-refractivity contribution in [1.82, 2.24) is 14.8 Å². The molecule has 0 aliphatic carbocycles. The molecule has 0 spiro atoms. The van der Waals surface area contributed by atoms with E-state index >= 15 is 0 Å². The van der Waals surface area contributed by atoms with Crippen molar-refractivity contribution in [3.05, 3.63) is 47.8 Å². The molecule has 0 saturated carbocycles. The van der Waals surface area contributed by atoms with Gasteiger partial charge in [-0.3, -0.25) is 14.5 Å². The van der Waals surface area contributed by atoms with Gasteiger partial charge in [-0.15, -0.1) is 0 Å². The summed E-state index contributed by atoms with van der Waals surface area (Å²) < 4.78 is 2.13. The Kier molecular flexibility index (Phi) is 4.78. The lowest BCUT2D eigenvalue weighted by molar-refractivity contribution is -0.130. The Hall–Kier alpha value is -3.09. The molecule has 7 nitrogen and oxygen atoms in total. The molecule has 1 saturated heterocycles. The molecule has 1 aliphatic heterocycles. The lowest BCUT2D eigenvalue weighted by Gasteiger charge is -2.16. The van der Waals surface area contributed by atoms with Crippen LogP contribution in [-0.2, 0) is 9.59 Å². The maximum Gasteiger partial charge on any atom is 0.325 e. The van der Waals surface area contributed by atoms with Crippen LogP contribution < -0.4 is 10.6 Å². The quantitative estimate of drug-likeness (QED) is 0.796. The van der Waals surface area contributed by atoms with Gasteiger partial charge in [0, 0.05) is 35.7 Å². The van der Waals surface area contributed by atoms with Crippen molar-refractivity contribution in [3.63, 3.8) is 0 Å². The van der Waals surface area contributed by atoms with E-state index in [9.17, 15) is 14.4 Å². The third-order valence-electron chi connectivity index (χ3n) is 4.69. The summed E-state index contributed by atoms with van der Waals surface area (Å²) in [7, 11) is 0. The summed E-state index contributed by atoms with van der Waals surface area (Å²) in [6, 6.07) is 11.2. The Balaban J connectivity index is 1.59. The van der Waals surface area contributed by atoms with Crippen LogP contribution >= 0.6 is 0 Å². The summed E-state index contributed by atoms with van der Waals surface area (Å²) >= 11 is 0. The number of aromatic nitrogens is 1. The van der Waals surface area contributed by atoms with E-state index < -0.39 is 11.6 Å². The van der Waals surface area contributed by atoms with Crippen molar-refractivity contribution < 1.29 is 14.4 Å². The maximum atomic E-state index is 12.2. The van der Waals surface area contributed by atoms with Gasteiger partial charge < -0.3 is 15.2 Å². The summed E-state index contributed by atoms with van der Waals surface area (Å²) in [5, 5.41) is 5.40. The van der Waals surface area contributed by atoms with Crippen LogP contribution in [0.4, 0.5) is 10.5 Å². The Bertz CT molecular complexity index is 877. The first-order chi connectivity index (χ1) is 12.7. The molecule has 7 heteroatoms. The molecule has 4 amide bonds. The number of nitrogens with zero attached hydrogens (tertiary/aromatic N) is 2. The van der Waals surface area contributed by atoms with E-state index in [1.165, 1.54) is 0 Å². The predicted molar refractivity (Wildman–Crippen MR) is 103 cm³/mol. The number of carbonyl (C=O) groups excluding carboxylic acids is 3. The number of nitrogens with one attached hydrogen (secondary N) is 2. The smallest absolute Gasteiger partial charge is 0.325 e. The van der Waals surface area contributed by atoms with Crippen LogP contribution in [-0.4, -0.2) is 39.4 Å². The molecule has 0 bridgehead atoms. The number of carbonyl (C=O) groups is 3. The molecule has 1 aliphatic rings. The third kappa shape index (κ3) is 3.72. The van der Waals surface area contributed by atoms with Crippen molar-refractivity contribution in [2.24, 2.45) is 0 Å². The van der Waals surface area contributed by atoms with Gasteiger partial charge in [0.1, 0.15) is 5.54 Å². The zero-order chi connectivity index (χ0) is 19.8. The highest BCUT2D eigenvalue weighted by atomic mass is 16.2. The summed E-state index contributed by atoms with van der Waals surface area (Å²) in [6.07, 6.45) is 0.0484. The first-order valence-corrected chi connectivity index (χ1v) is 8.88. The standard InChI is InChI=1S/C20H24N4O3/c1-13-5-6-14(2)24(13)16-9-7-15(8-10-16)21-17(25)11-12-23-18(26)20(3,4)22-19(23)27/h5-10H,11-12H2,1-4H3,(H,21,25)(H,22,27). The average molecular weight is 368 g/mol. The minimum absolute atomic E-state index is 0.0484. The largest absolute Gasteiger partial charge is 0.326 e. The Morgan fingerprint density at radius 3 is 2.15 bits per heavy atom. The first kappa shape index (κ1) is 18.7. The Morgan fingerprint density at radius 2 is 1.63 bits per heavy atom. The van der Waals surface area contributed by atoms with Crippen molar-refractivity contribution >= 4 is 23.5 Å². The summed E-state index contributed by atoms with van der Waals surface area (Å²) in [5.41, 5.74) is 3.05. The summed E-state index contributed by atoms with van der Waals surface area (Å²) in [4.78, 5) is 37.2. The summed E-state index contributed by atoms with van der Waals surface area (Å²) in [5.74, 6) is -0.566. The lowest BCUT2D eigenvalue weighted by atomic mass is 10.1. The first-order valence-electron chi connectivity index (χ1n) is 8.88. The fraction of sp³-hybridized carbons (Fsp3) is 0.350. The predicted octanol–water partition coefficient (Wildman–Crippen LogP) is 2.75. The molecule has 1 fully saturated rings. The minimum Gasteiger partial charge on any atom is -0.326 e. The second-order valence-electron chi connectivity index (χ2n) is 7.31. The van der Waals surface area contributed by atoms with E-state index in [1.807, 2.05) is 38.1 Å². The van der Waals surface area contributed by atoms with E-state index in [0.29, 0.717) is 5.69 Å². The number of aryl methyl sites for hydroxylation is 2. The van der Waals surface area contributed by atoms with Crippen molar-refractivity contribution in [2.75, 3.05) is 11.9 Å². The molecule has 2 aromatic rings. The molecular formula is C20H24N4O3. The molecule has 3 rings (SSSR count). The average Bonchev–Trinajstić information content (AvgIpc) is 3.03. The minimum atomic E-state index is -0.919. The zero-order valence-corrected chi connectivity index (χ0v) is 16.0. The van der Waals surface area contributed by atoms with Crippen molar-refractivity contribution in [2.45, 2.75) is 39.7 Å². The van der Waals surface area contributed by atoms with E-state index in [1.54, 1.807) is 13.8 Å². The molecular weight excluding hydrogens is 344 g/mol. The Labute approximate surface area is 158 Å². The number of benzene rings is 1. The van der Waals surface area contributed by atoms with Crippen LogP contribution in [0.25, 0.3) is 5.69 Å². The number of urea groups is 1. The van der Waals surface area contributed by atoms with Gasteiger partial charge in [-0.2, -0.15) is 0 Å². The molecule has 0 radical (unpaired) electrons. The number of imide groups is 1. The fourth-order valence-electron chi connectivity index (χ4n) is 3.23. The van der Waals surface area contributed by atoms with Gasteiger partial charge in [-0.05, 0) is 64.1 Å². The van der Waals surface area contributed by atoms with Gasteiger partial charge in [0.25, 0.3) is 5.91 Å². The van der Waals surface area contributed by atoms with Gasteiger partial charge in [0.2, 0.25) is 5.91 Å². The highest BCUT2D eigenvalue weighted by Gasteiger charge is 2.43. The van der Waals surface area contributed by atoms with Gasteiger partial charge in [-0.1, -0.05) is 0 Å². The molecule has 2 N–H and O–H groups in total. The van der Waals surface area contributed by atoms with Crippen LogP contribution in [0.3, 0.4) is 0 Å². The number of amides is 4. The van der Waals surface area contributed by atoms with Gasteiger partial charge >= 0.3 is 6.03 Å². The normalized spacial score (nSPS) is 15.8. The molecule has 2 heterocycles. The molecule has 1 aromatic heterocycles. The van der Waals surface area contributed by atoms with Crippen LogP contribution in [0.1, 0.15) is 31.7 Å². The SMILES string of the molecule is Cc1ccc(C)n1-c1ccc(NC(=O)CCN2C(=O)NC(C)(C)C2=O)cc1. The van der Waals surface area contributed by atoms with E-state index in [2.05, 4.69) is 27.3 Å². The van der Waals surface area contributed by atoms with Gasteiger partial charge in [0.15, 0.2) is 0 Å². The second kappa shape index (κ2) is 6.90. The highest BCUT2D eigenvalue weighted by molar-refractivity contribution is 6.06. The van der Waals surface area contributed by atoms with E-state index in [0.717, 1.165) is 22.0 Å². The molecule has 0 unspecified atom stereocenters. The van der Waals surface area contributed by atoms with Crippen LogP contribution in [0.2, 0.25) is 0 Å². The highest BCUT2D eigenvalue weighted by Crippen LogP contribution is 2.19. The number of rotatable bonds is 5. The maximum absolute atomic E-state index is 12.2.